The average Bonchev–Trinajstić information content (AvgIpc) is 1.35. The van der Waals surface area contributed by atoms with Gasteiger partial charge in [0, 0.05) is 0 Å². The molecule has 38 valence electrons. The molecule has 0 aliphatic carbocycles. The summed E-state index contributed by atoms with van der Waals surface area (Å²) in [6.45, 7) is 0. The van der Waals surface area contributed by atoms with Gasteiger partial charge in [-0.25, -0.2) is 0 Å². The molecule has 0 aromatic carbocycles. The molecular weight excluding hydrogens is 224 g/mol. The first-order chi connectivity index (χ1) is 2.56. The summed E-state index contributed by atoms with van der Waals surface area (Å²) in [6.07, 6.45) is 0. The van der Waals surface area contributed by atoms with Gasteiger partial charge in [-0.1, -0.05) is 22.6 Å². The third kappa shape index (κ3) is 4.88. The summed E-state index contributed by atoms with van der Waals surface area (Å²) in [6, 6.07) is 0. The van der Waals surface area contributed by atoms with Crippen molar-refractivity contribution in [3.05, 3.63) is 0 Å². The van der Waals surface area contributed by atoms with Crippen LogP contribution in [0.2, 0.25) is 0 Å². The molecule has 0 nitrogen and oxygen atoms in total. The first kappa shape index (κ1) is 6.88. The highest BCUT2D eigenvalue weighted by Crippen LogP contribution is 2.20. The fourth-order valence-corrected chi connectivity index (χ4v) is 0. The van der Waals surface area contributed by atoms with Gasteiger partial charge >= 0.3 is 5.38 Å². The van der Waals surface area contributed by atoms with Crippen molar-refractivity contribution in [2.24, 2.45) is 0 Å². The number of alkyl halides is 4. The molecule has 0 bridgehead atoms. The van der Waals surface area contributed by atoms with Crippen molar-refractivity contribution < 1.29 is 8.78 Å². The maximum Gasteiger partial charge on any atom is 0.330 e. The fraction of sp³-hybridized carbons (Fsp3) is 1.00. The van der Waals surface area contributed by atoms with Gasteiger partial charge in [-0.15, -0.1) is 0 Å². The normalized spacial score (nSPS) is 12.0. The van der Waals surface area contributed by atoms with Crippen LogP contribution in [-0.2, 0) is 0 Å². The van der Waals surface area contributed by atoms with E-state index in [1.807, 2.05) is 0 Å². The molecule has 0 atom stereocenters. The molecular formula is C2H2ClF2I. The summed E-state index contributed by atoms with van der Waals surface area (Å²) in [4.78, 5) is 0. The molecule has 0 rings (SSSR count). The lowest BCUT2D eigenvalue weighted by Crippen LogP contribution is -2.05. The zero-order valence-electron chi connectivity index (χ0n) is 2.72. The summed E-state index contributed by atoms with van der Waals surface area (Å²) >= 11 is 5.89. The summed E-state index contributed by atoms with van der Waals surface area (Å²) in [7, 11) is 0. The molecule has 0 aromatic heterocycles. The second-order valence-electron chi connectivity index (χ2n) is 0.749. The first-order valence-electron chi connectivity index (χ1n) is 1.19. The predicted octanol–water partition coefficient (Wildman–Crippen LogP) is 2.25. The fourth-order valence-electron chi connectivity index (χ4n) is 0. The highest BCUT2D eigenvalue weighted by Gasteiger charge is 2.21. The topological polar surface area (TPSA) is 0 Å². The van der Waals surface area contributed by atoms with Crippen LogP contribution in [0.1, 0.15) is 0 Å². The molecule has 0 fully saturated rings. The Morgan fingerprint density at radius 2 is 1.83 bits per heavy atom. The average molecular weight is 226 g/mol. The van der Waals surface area contributed by atoms with Crippen LogP contribution >= 0.6 is 34.2 Å². The van der Waals surface area contributed by atoms with Crippen molar-refractivity contribution in [1.82, 2.24) is 0 Å². The zero-order valence-corrected chi connectivity index (χ0v) is 5.63. The number of halogens is 4. The molecule has 0 saturated heterocycles. The predicted molar refractivity (Wildman–Crippen MR) is 29.7 cm³/mol. The second-order valence-corrected chi connectivity index (χ2v) is 2.06. The van der Waals surface area contributed by atoms with Crippen molar-refractivity contribution in [1.29, 1.82) is 0 Å². The molecule has 0 N–H and O–H groups in total. The van der Waals surface area contributed by atoms with Crippen LogP contribution in [0.5, 0.6) is 0 Å². The van der Waals surface area contributed by atoms with Crippen LogP contribution < -0.4 is 0 Å². The minimum Gasteiger partial charge on any atom is -0.187 e. The highest BCUT2D eigenvalue weighted by molar-refractivity contribution is 14.1. The largest absolute Gasteiger partial charge is 0.330 e. The van der Waals surface area contributed by atoms with Gasteiger partial charge in [0.05, 0.1) is 4.43 Å². The van der Waals surface area contributed by atoms with Crippen molar-refractivity contribution in [3.63, 3.8) is 0 Å². The monoisotopic (exact) mass is 226 g/mol. The Labute approximate surface area is 53.0 Å². The molecule has 0 amide bonds. The Morgan fingerprint density at radius 1 is 1.67 bits per heavy atom. The van der Waals surface area contributed by atoms with Crippen molar-refractivity contribution in [3.8, 4) is 0 Å². The number of hydrogen-bond acceptors (Lipinski definition) is 0. The third-order valence-corrected chi connectivity index (χ3v) is 1.69. The first-order valence-corrected chi connectivity index (χ1v) is 3.09. The summed E-state index contributed by atoms with van der Waals surface area (Å²) < 4.78 is 22.1. The van der Waals surface area contributed by atoms with E-state index in [0.717, 1.165) is 0 Å². The molecule has 0 radical (unpaired) electrons. The SMILES string of the molecule is FC(F)(Cl)CI. The lowest BCUT2D eigenvalue weighted by molar-refractivity contribution is 0.128. The van der Waals surface area contributed by atoms with Crippen molar-refractivity contribution in [2.45, 2.75) is 5.38 Å². The van der Waals surface area contributed by atoms with Gasteiger partial charge in [0.2, 0.25) is 0 Å². The van der Waals surface area contributed by atoms with E-state index in [2.05, 4.69) is 11.6 Å². The van der Waals surface area contributed by atoms with E-state index in [1.54, 1.807) is 0 Å². The maximum absolute atomic E-state index is 11.2. The quantitative estimate of drug-likeness (QED) is 0.475. The lowest BCUT2D eigenvalue weighted by atomic mass is 10.9. The molecule has 0 aliphatic rings. The third-order valence-electron chi connectivity index (χ3n) is 0.152. The van der Waals surface area contributed by atoms with Gasteiger partial charge in [-0.2, -0.15) is 8.78 Å². The van der Waals surface area contributed by atoms with E-state index in [9.17, 15) is 8.78 Å². The molecule has 4 heteroatoms. The molecule has 6 heavy (non-hydrogen) atoms. The van der Waals surface area contributed by atoms with E-state index in [-0.39, 0.29) is 4.43 Å². The van der Waals surface area contributed by atoms with Crippen LogP contribution in [0.15, 0.2) is 0 Å². The van der Waals surface area contributed by atoms with Crippen molar-refractivity contribution >= 4 is 34.2 Å². The summed E-state index contributed by atoms with van der Waals surface area (Å²) in [5.74, 6) is 0. The van der Waals surface area contributed by atoms with Crippen LogP contribution in [0.25, 0.3) is 0 Å². The van der Waals surface area contributed by atoms with E-state index in [4.69, 9.17) is 0 Å². The summed E-state index contributed by atoms with van der Waals surface area (Å²) in [5.41, 5.74) is 0. The van der Waals surface area contributed by atoms with Gasteiger partial charge < -0.3 is 0 Å². The van der Waals surface area contributed by atoms with Crippen LogP contribution in [0.4, 0.5) is 8.78 Å². The standard InChI is InChI=1S/C2H2ClF2I/c3-2(4,5)1-6/h1H2. The Bertz CT molecular complexity index is 41.3. The second kappa shape index (κ2) is 2.26. The maximum atomic E-state index is 11.2. The van der Waals surface area contributed by atoms with Gasteiger partial charge in [0.15, 0.2) is 0 Å². The summed E-state index contributed by atoms with van der Waals surface area (Å²) in [5, 5.41) is -3.00. The van der Waals surface area contributed by atoms with Crippen LogP contribution in [0.3, 0.4) is 0 Å². The molecule has 0 unspecified atom stereocenters. The minimum atomic E-state index is -3.00. The Morgan fingerprint density at radius 3 is 1.83 bits per heavy atom. The van der Waals surface area contributed by atoms with E-state index in [0.29, 0.717) is 0 Å². The van der Waals surface area contributed by atoms with Gasteiger partial charge in [-0.05, 0) is 11.6 Å². The number of hydrogen-bond donors (Lipinski definition) is 0. The van der Waals surface area contributed by atoms with Crippen LogP contribution in [-0.4, -0.2) is 9.81 Å². The Hall–Kier alpha value is 0.880. The smallest absolute Gasteiger partial charge is 0.187 e. The van der Waals surface area contributed by atoms with Gasteiger partial charge in [0.1, 0.15) is 0 Å². The molecule has 0 heterocycles. The molecule has 0 aromatic rings. The van der Waals surface area contributed by atoms with Crippen LogP contribution in [0, 0.1) is 0 Å². The highest BCUT2D eigenvalue weighted by atomic mass is 127. The minimum absolute atomic E-state index is 0.327. The van der Waals surface area contributed by atoms with E-state index < -0.39 is 5.38 Å². The molecule has 0 aliphatic heterocycles. The molecule has 0 saturated carbocycles. The zero-order chi connectivity index (χ0) is 5.21. The number of rotatable bonds is 1. The Balaban J connectivity index is 3.17. The Kier molecular flexibility index (Phi) is 2.59. The van der Waals surface area contributed by atoms with Gasteiger partial charge in [0.25, 0.3) is 0 Å². The van der Waals surface area contributed by atoms with Crippen molar-refractivity contribution in [2.75, 3.05) is 4.43 Å². The molecule has 0 spiro atoms. The van der Waals surface area contributed by atoms with E-state index in [1.165, 1.54) is 22.6 Å². The van der Waals surface area contributed by atoms with E-state index >= 15 is 0 Å². The van der Waals surface area contributed by atoms with Gasteiger partial charge in [-0.3, -0.25) is 0 Å². The lowest BCUT2D eigenvalue weighted by Gasteiger charge is -1.97.